The number of nitrogens with one attached hydrogen (secondary N) is 2. The fraction of sp³-hybridized carbons (Fsp3) is 0.250. The van der Waals surface area contributed by atoms with Crippen LogP contribution in [0.3, 0.4) is 0 Å². The van der Waals surface area contributed by atoms with Gasteiger partial charge in [0, 0.05) is 30.1 Å². The van der Waals surface area contributed by atoms with Crippen molar-refractivity contribution >= 4 is 22.7 Å². The van der Waals surface area contributed by atoms with E-state index in [0.717, 1.165) is 29.4 Å². The first kappa shape index (κ1) is 16.3. The van der Waals surface area contributed by atoms with Gasteiger partial charge in [-0.2, -0.15) is 0 Å². The van der Waals surface area contributed by atoms with Crippen molar-refractivity contribution in [3.63, 3.8) is 0 Å². The lowest BCUT2D eigenvalue weighted by molar-refractivity contribution is 0.0911. The number of rotatable bonds is 6. The minimum absolute atomic E-state index is 0.155. The number of furan rings is 1. The van der Waals surface area contributed by atoms with Gasteiger partial charge in [-0.25, -0.2) is 0 Å². The maximum absolute atomic E-state index is 12.7. The van der Waals surface area contributed by atoms with E-state index in [9.17, 15) is 9.59 Å². The Labute approximate surface area is 150 Å². The summed E-state index contributed by atoms with van der Waals surface area (Å²) in [4.78, 5) is 29.1. The van der Waals surface area contributed by atoms with Gasteiger partial charge < -0.3 is 15.1 Å². The molecule has 132 valence electrons. The molecule has 1 aliphatic carbocycles. The average Bonchev–Trinajstić information content (AvgIpc) is 3.37. The summed E-state index contributed by atoms with van der Waals surface area (Å²) in [6, 6.07) is 12.8. The molecular formula is C20H19N3O3. The van der Waals surface area contributed by atoms with Crippen LogP contribution in [-0.2, 0) is 0 Å². The van der Waals surface area contributed by atoms with Crippen molar-refractivity contribution in [3.8, 4) is 0 Å². The molecule has 3 aromatic rings. The highest BCUT2D eigenvalue weighted by Gasteiger charge is 2.26. The van der Waals surface area contributed by atoms with Gasteiger partial charge in [0.2, 0.25) is 0 Å². The van der Waals surface area contributed by atoms with Crippen LogP contribution in [-0.4, -0.2) is 29.9 Å². The molecule has 0 aliphatic heterocycles. The van der Waals surface area contributed by atoms with Crippen molar-refractivity contribution in [2.45, 2.75) is 18.8 Å². The molecule has 2 heterocycles. The third-order valence-electron chi connectivity index (χ3n) is 4.42. The molecule has 0 spiro atoms. The molecule has 2 aromatic heterocycles. The zero-order valence-corrected chi connectivity index (χ0v) is 14.2. The monoisotopic (exact) mass is 349 g/mol. The molecule has 1 saturated carbocycles. The second-order valence-corrected chi connectivity index (χ2v) is 6.38. The van der Waals surface area contributed by atoms with E-state index in [1.54, 1.807) is 12.1 Å². The highest BCUT2D eigenvalue weighted by Crippen LogP contribution is 2.40. The Morgan fingerprint density at radius 1 is 1.04 bits per heavy atom. The quantitative estimate of drug-likeness (QED) is 0.670. The summed E-state index contributed by atoms with van der Waals surface area (Å²) in [6.07, 6.45) is 3.71. The average molecular weight is 349 g/mol. The number of hydrogen-bond donors (Lipinski definition) is 2. The van der Waals surface area contributed by atoms with Crippen molar-refractivity contribution in [1.82, 2.24) is 15.6 Å². The number of benzene rings is 1. The van der Waals surface area contributed by atoms with Gasteiger partial charge in [-0.3, -0.25) is 14.6 Å². The Morgan fingerprint density at radius 3 is 2.54 bits per heavy atom. The number of amides is 2. The van der Waals surface area contributed by atoms with E-state index < -0.39 is 0 Å². The van der Waals surface area contributed by atoms with Crippen molar-refractivity contribution in [1.29, 1.82) is 0 Å². The topological polar surface area (TPSA) is 84.2 Å². The summed E-state index contributed by atoms with van der Waals surface area (Å²) in [6.45, 7) is 0.657. The lowest BCUT2D eigenvalue weighted by Gasteiger charge is -2.10. The fourth-order valence-corrected chi connectivity index (χ4v) is 2.91. The Hall–Kier alpha value is -3.15. The second-order valence-electron chi connectivity index (χ2n) is 6.38. The lowest BCUT2D eigenvalue weighted by atomic mass is 10.1. The zero-order chi connectivity index (χ0) is 17.9. The maximum Gasteiger partial charge on any atom is 0.287 e. The Kier molecular flexibility index (Phi) is 4.39. The summed E-state index contributed by atoms with van der Waals surface area (Å²) in [7, 11) is 0. The number of fused-ring (bicyclic) bond motifs is 1. The molecule has 6 heteroatoms. The smallest absolute Gasteiger partial charge is 0.287 e. The molecule has 0 unspecified atom stereocenters. The molecule has 0 saturated heterocycles. The number of nitrogens with zero attached hydrogens (tertiary/aromatic N) is 1. The summed E-state index contributed by atoms with van der Waals surface area (Å²) in [5, 5.41) is 6.42. The largest absolute Gasteiger partial charge is 0.459 e. The van der Waals surface area contributed by atoms with Crippen LogP contribution in [0.1, 0.15) is 45.4 Å². The van der Waals surface area contributed by atoms with E-state index in [4.69, 9.17) is 4.42 Å². The molecule has 2 N–H and O–H groups in total. The predicted octanol–water partition coefficient (Wildman–Crippen LogP) is 2.87. The number of carbonyl (C=O) groups excluding carboxylic acids is 2. The fourth-order valence-electron chi connectivity index (χ4n) is 2.91. The van der Waals surface area contributed by atoms with Gasteiger partial charge in [-0.1, -0.05) is 18.2 Å². The molecule has 0 atom stereocenters. The summed E-state index contributed by atoms with van der Waals surface area (Å²) < 4.78 is 5.03. The number of aromatic nitrogens is 1. The molecule has 4 rings (SSSR count). The Balaban J connectivity index is 1.42. The van der Waals surface area contributed by atoms with E-state index in [1.165, 1.54) is 6.26 Å². The van der Waals surface area contributed by atoms with Crippen LogP contribution < -0.4 is 10.6 Å². The summed E-state index contributed by atoms with van der Waals surface area (Å²) in [5.74, 6) is 0.275. The van der Waals surface area contributed by atoms with Crippen molar-refractivity contribution in [2.24, 2.45) is 0 Å². The van der Waals surface area contributed by atoms with Gasteiger partial charge >= 0.3 is 0 Å². The molecule has 6 nitrogen and oxygen atoms in total. The molecule has 1 fully saturated rings. The van der Waals surface area contributed by atoms with Crippen LogP contribution in [0.2, 0.25) is 0 Å². The van der Waals surface area contributed by atoms with Crippen LogP contribution >= 0.6 is 0 Å². The number of carbonyl (C=O) groups is 2. The Morgan fingerprint density at radius 2 is 1.81 bits per heavy atom. The molecule has 1 aromatic carbocycles. The van der Waals surface area contributed by atoms with Crippen LogP contribution in [0, 0.1) is 0 Å². The molecule has 2 amide bonds. The minimum atomic E-state index is -0.297. The number of para-hydroxylation sites is 1. The summed E-state index contributed by atoms with van der Waals surface area (Å²) in [5.41, 5.74) is 2.46. The normalized spacial score (nSPS) is 13.5. The van der Waals surface area contributed by atoms with Crippen LogP contribution in [0.5, 0.6) is 0 Å². The van der Waals surface area contributed by atoms with E-state index in [1.807, 2.05) is 30.3 Å². The predicted molar refractivity (Wildman–Crippen MR) is 97.1 cm³/mol. The van der Waals surface area contributed by atoms with Crippen molar-refractivity contribution < 1.29 is 14.0 Å². The summed E-state index contributed by atoms with van der Waals surface area (Å²) >= 11 is 0. The van der Waals surface area contributed by atoms with Crippen LogP contribution in [0.15, 0.2) is 53.1 Å². The highest BCUT2D eigenvalue weighted by molar-refractivity contribution is 6.06. The maximum atomic E-state index is 12.7. The van der Waals surface area contributed by atoms with E-state index in [2.05, 4.69) is 15.6 Å². The highest BCUT2D eigenvalue weighted by atomic mass is 16.3. The van der Waals surface area contributed by atoms with Gasteiger partial charge in [0.15, 0.2) is 5.76 Å². The van der Waals surface area contributed by atoms with Gasteiger partial charge in [-0.05, 0) is 37.1 Å². The molecule has 26 heavy (non-hydrogen) atoms. The van der Waals surface area contributed by atoms with Gasteiger partial charge in [0.05, 0.1) is 17.3 Å². The molecular weight excluding hydrogens is 330 g/mol. The lowest BCUT2D eigenvalue weighted by Crippen LogP contribution is -2.34. The third-order valence-corrected chi connectivity index (χ3v) is 4.42. The van der Waals surface area contributed by atoms with Crippen LogP contribution in [0.25, 0.3) is 10.9 Å². The third kappa shape index (κ3) is 3.44. The first-order valence-corrected chi connectivity index (χ1v) is 8.72. The Bertz CT molecular complexity index is 946. The van der Waals surface area contributed by atoms with E-state index in [-0.39, 0.29) is 17.6 Å². The molecule has 0 radical (unpaired) electrons. The van der Waals surface area contributed by atoms with Gasteiger partial charge in [0.25, 0.3) is 11.8 Å². The minimum Gasteiger partial charge on any atom is -0.459 e. The van der Waals surface area contributed by atoms with E-state index >= 15 is 0 Å². The van der Waals surface area contributed by atoms with Crippen LogP contribution in [0.4, 0.5) is 0 Å². The zero-order valence-electron chi connectivity index (χ0n) is 14.2. The SMILES string of the molecule is O=C(NCCNC(=O)c1cc(C2CC2)nc2ccccc12)c1ccco1. The molecule has 0 bridgehead atoms. The van der Waals surface area contributed by atoms with Gasteiger partial charge in [0.1, 0.15) is 0 Å². The second kappa shape index (κ2) is 7.00. The first-order valence-electron chi connectivity index (χ1n) is 8.72. The standard InChI is InChI=1S/C20H19N3O3/c24-19(21-9-10-22-20(25)18-6-3-11-26-18)15-12-17(13-7-8-13)23-16-5-2-1-4-14(15)16/h1-6,11-13H,7-10H2,(H,21,24)(H,22,25). The van der Waals surface area contributed by atoms with Crippen molar-refractivity contribution in [2.75, 3.05) is 13.1 Å². The number of pyridine rings is 1. The van der Waals surface area contributed by atoms with Gasteiger partial charge in [-0.15, -0.1) is 0 Å². The molecule has 1 aliphatic rings. The first-order chi connectivity index (χ1) is 12.7. The van der Waals surface area contributed by atoms with Crippen molar-refractivity contribution in [3.05, 3.63) is 65.7 Å². The van der Waals surface area contributed by atoms with E-state index in [0.29, 0.717) is 24.6 Å². The number of hydrogen-bond acceptors (Lipinski definition) is 4.